The number of carbonyl (C=O) groups is 1. The SMILES string of the molecule is O=C(O)/C=C/c1ccc(-c2c(Cl)ccc(Cl)c2Cl)cc1Cl. The first-order valence-electron chi connectivity index (χ1n) is 5.74. The van der Waals surface area contributed by atoms with Crippen LogP contribution in [0.1, 0.15) is 5.56 Å². The quantitative estimate of drug-likeness (QED) is 0.532. The van der Waals surface area contributed by atoms with E-state index in [-0.39, 0.29) is 0 Å². The summed E-state index contributed by atoms with van der Waals surface area (Å²) in [6.45, 7) is 0. The fourth-order valence-corrected chi connectivity index (χ4v) is 2.76. The lowest BCUT2D eigenvalue weighted by Crippen LogP contribution is -1.87. The van der Waals surface area contributed by atoms with Gasteiger partial charge in [-0.25, -0.2) is 4.79 Å². The number of aliphatic carboxylic acids is 1. The molecule has 0 aliphatic carbocycles. The van der Waals surface area contributed by atoms with E-state index in [9.17, 15) is 4.79 Å². The Morgan fingerprint density at radius 3 is 2.24 bits per heavy atom. The molecule has 0 unspecified atom stereocenters. The van der Waals surface area contributed by atoms with Crippen LogP contribution in [0.5, 0.6) is 0 Å². The smallest absolute Gasteiger partial charge is 0.328 e. The Bertz CT molecular complexity index is 739. The third kappa shape index (κ3) is 3.72. The van der Waals surface area contributed by atoms with E-state index in [4.69, 9.17) is 51.5 Å². The zero-order valence-corrected chi connectivity index (χ0v) is 13.4. The van der Waals surface area contributed by atoms with Gasteiger partial charge >= 0.3 is 5.97 Å². The van der Waals surface area contributed by atoms with Crippen molar-refractivity contribution in [2.45, 2.75) is 0 Å². The van der Waals surface area contributed by atoms with Gasteiger partial charge in [0, 0.05) is 21.7 Å². The highest BCUT2D eigenvalue weighted by molar-refractivity contribution is 6.46. The number of carboxylic acid groups (broad SMARTS) is 1. The predicted octanol–water partition coefficient (Wildman–Crippen LogP) is 6.07. The van der Waals surface area contributed by atoms with Crippen LogP contribution in [-0.4, -0.2) is 11.1 Å². The molecule has 2 rings (SSSR count). The standard InChI is InChI=1S/C15H8Cl4O2/c16-10-4-5-11(17)15(19)14(10)9-2-1-8(12(18)7-9)3-6-13(20)21/h1-7H,(H,20,21)/b6-3+. The second kappa shape index (κ2) is 6.71. The van der Waals surface area contributed by atoms with Crippen molar-refractivity contribution >= 4 is 58.4 Å². The topological polar surface area (TPSA) is 37.3 Å². The molecule has 1 N–H and O–H groups in total. The molecular formula is C15H8Cl4O2. The first-order chi connectivity index (χ1) is 9.90. The maximum atomic E-state index is 10.5. The summed E-state index contributed by atoms with van der Waals surface area (Å²) >= 11 is 24.5. The summed E-state index contributed by atoms with van der Waals surface area (Å²) in [4.78, 5) is 10.5. The second-order valence-corrected chi connectivity index (χ2v) is 5.73. The summed E-state index contributed by atoms with van der Waals surface area (Å²) in [7, 11) is 0. The van der Waals surface area contributed by atoms with Crippen molar-refractivity contribution in [2.75, 3.05) is 0 Å². The molecule has 0 bridgehead atoms. The first-order valence-corrected chi connectivity index (χ1v) is 7.25. The molecule has 0 radical (unpaired) electrons. The number of hydrogen-bond acceptors (Lipinski definition) is 1. The van der Waals surface area contributed by atoms with Crippen molar-refractivity contribution in [1.29, 1.82) is 0 Å². The van der Waals surface area contributed by atoms with Crippen molar-refractivity contribution in [2.24, 2.45) is 0 Å². The fourth-order valence-electron chi connectivity index (χ4n) is 1.77. The number of hydrogen-bond donors (Lipinski definition) is 1. The molecule has 6 heteroatoms. The molecule has 21 heavy (non-hydrogen) atoms. The van der Waals surface area contributed by atoms with Gasteiger partial charge < -0.3 is 5.11 Å². The van der Waals surface area contributed by atoms with Crippen LogP contribution in [-0.2, 0) is 4.79 Å². The molecule has 2 aromatic carbocycles. The average Bonchev–Trinajstić information content (AvgIpc) is 2.42. The molecule has 2 nitrogen and oxygen atoms in total. The molecule has 0 heterocycles. The van der Waals surface area contributed by atoms with Gasteiger partial charge in [0.15, 0.2) is 0 Å². The number of halogens is 4. The van der Waals surface area contributed by atoms with E-state index in [0.29, 0.717) is 36.8 Å². The third-order valence-corrected chi connectivity index (χ3v) is 4.19. The van der Waals surface area contributed by atoms with Crippen LogP contribution < -0.4 is 0 Å². The monoisotopic (exact) mass is 360 g/mol. The van der Waals surface area contributed by atoms with Crippen LogP contribution in [0.25, 0.3) is 17.2 Å². The molecule has 0 aliphatic rings. The van der Waals surface area contributed by atoms with E-state index in [1.165, 1.54) is 6.08 Å². The Labute approximate surface area is 141 Å². The van der Waals surface area contributed by atoms with Crippen LogP contribution in [0.4, 0.5) is 0 Å². The summed E-state index contributed by atoms with van der Waals surface area (Å²) < 4.78 is 0. The van der Waals surface area contributed by atoms with Crippen molar-refractivity contribution in [3.05, 3.63) is 62.1 Å². The van der Waals surface area contributed by atoms with E-state index in [1.807, 2.05) is 0 Å². The summed E-state index contributed by atoms with van der Waals surface area (Å²) in [5, 5.41) is 10.2. The maximum Gasteiger partial charge on any atom is 0.328 e. The average molecular weight is 362 g/mol. The lowest BCUT2D eigenvalue weighted by molar-refractivity contribution is -0.131. The molecule has 0 spiro atoms. The van der Waals surface area contributed by atoms with E-state index in [1.54, 1.807) is 30.3 Å². The fraction of sp³-hybridized carbons (Fsp3) is 0. The van der Waals surface area contributed by atoms with E-state index < -0.39 is 5.97 Å². The summed E-state index contributed by atoms with van der Waals surface area (Å²) in [6.07, 6.45) is 2.43. The van der Waals surface area contributed by atoms with Crippen LogP contribution in [0.3, 0.4) is 0 Å². The Morgan fingerprint density at radius 1 is 0.952 bits per heavy atom. The minimum absolute atomic E-state index is 0.342. The minimum atomic E-state index is -1.05. The number of carboxylic acids is 1. The lowest BCUT2D eigenvalue weighted by Gasteiger charge is -2.10. The Hall–Kier alpha value is -1.19. The summed E-state index contributed by atoms with van der Waals surface area (Å²) in [6, 6.07) is 8.35. The zero-order chi connectivity index (χ0) is 15.6. The van der Waals surface area contributed by atoms with Gasteiger partial charge in [-0.1, -0.05) is 58.5 Å². The van der Waals surface area contributed by atoms with E-state index in [2.05, 4.69) is 0 Å². The van der Waals surface area contributed by atoms with Crippen molar-refractivity contribution in [3.63, 3.8) is 0 Å². The largest absolute Gasteiger partial charge is 0.478 e. The molecule has 0 aromatic heterocycles. The zero-order valence-electron chi connectivity index (χ0n) is 10.4. The normalized spacial score (nSPS) is 11.0. The van der Waals surface area contributed by atoms with E-state index >= 15 is 0 Å². The second-order valence-electron chi connectivity index (χ2n) is 4.13. The van der Waals surface area contributed by atoms with Gasteiger partial charge in [0.1, 0.15) is 0 Å². The molecular weight excluding hydrogens is 354 g/mol. The van der Waals surface area contributed by atoms with Gasteiger partial charge in [-0.2, -0.15) is 0 Å². The van der Waals surface area contributed by atoms with Crippen LogP contribution >= 0.6 is 46.4 Å². The molecule has 0 saturated carbocycles. The van der Waals surface area contributed by atoms with Gasteiger partial charge in [-0.05, 0) is 35.4 Å². The third-order valence-electron chi connectivity index (χ3n) is 2.74. The highest BCUT2D eigenvalue weighted by atomic mass is 35.5. The number of rotatable bonds is 3. The van der Waals surface area contributed by atoms with Gasteiger partial charge in [0.25, 0.3) is 0 Å². The summed E-state index contributed by atoms with van der Waals surface area (Å²) in [5.74, 6) is -1.05. The Morgan fingerprint density at radius 2 is 1.62 bits per heavy atom. The molecule has 0 amide bonds. The molecule has 0 fully saturated rings. The highest BCUT2D eigenvalue weighted by Gasteiger charge is 2.13. The molecule has 0 atom stereocenters. The molecule has 108 valence electrons. The van der Waals surface area contributed by atoms with Crippen molar-refractivity contribution in [1.82, 2.24) is 0 Å². The van der Waals surface area contributed by atoms with Gasteiger partial charge in [-0.3, -0.25) is 0 Å². The predicted molar refractivity (Wildman–Crippen MR) is 88.6 cm³/mol. The summed E-state index contributed by atoms with van der Waals surface area (Å²) in [5.41, 5.74) is 1.86. The van der Waals surface area contributed by atoms with E-state index in [0.717, 1.165) is 6.08 Å². The molecule has 2 aromatic rings. The molecule has 0 saturated heterocycles. The van der Waals surface area contributed by atoms with Gasteiger partial charge in [-0.15, -0.1) is 0 Å². The number of benzene rings is 2. The first kappa shape index (κ1) is 16.2. The lowest BCUT2D eigenvalue weighted by atomic mass is 10.0. The molecule has 0 aliphatic heterocycles. The van der Waals surface area contributed by atoms with Crippen LogP contribution in [0.15, 0.2) is 36.4 Å². The van der Waals surface area contributed by atoms with Crippen molar-refractivity contribution in [3.8, 4) is 11.1 Å². The Balaban J connectivity index is 2.51. The minimum Gasteiger partial charge on any atom is -0.478 e. The van der Waals surface area contributed by atoms with Gasteiger partial charge in [0.05, 0.1) is 10.0 Å². The van der Waals surface area contributed by atoms with Crippen LogP contribution in [0.2, 0.25) is 20.1 Å². The van der Waals surface area contributed by atoms with Crippen LogP contribution in [0, 0.1) is 0 Å². The van der Waals surface area contributed by atoms with Gasteiger partial charge in [0.2, 0.25) is 0 Å². The maximum absolute atomic E-state index is 10.5. The highest BCUT2D eigenvalue weighted by Crippen LogP contribution is 2.40. The Kier molecular flexibility index (Phi) is 5.17. The van der Waals surface area contributed by atoms with Crippen molar-refractivity contribution < 1.29 is 9.90 Å².